The number of aromatic amines is 1. The fraction of sp³-hybridized carbons (Fsp3) is 0.667. The van der Waals surface area contributed by atoms with Gasteiger partial charge in [0, 0.05) is 31.0 Å². The van der Waals surface area contributed by atoms with Crippen LogP contribution in [0, 0.1) is 6.92 Å². The largest absolute Gasteiger partial charge is 0.378 e. The van der Waals surface area contributed by atoms with Gasteiger partial charge in [-0.15, -0.1) is 12.4 Å². The minimum atomic E-state index is -0.0112. The first kappa shape index (κ1) is 21.7. The number of aromatic nitrogens is 1. The predicted octanol–water partition coefficient (Wildman–Crippen LogP) is 2.48. The Morgan fingerprint density at radius 1 is 1.32 bits per heavy atom. The molecule has 0 aliphatic carbocycles. The molecule has 1 aromatic heterocycles. The van der Waals surface area contributed by atoms with Gasteiger partial charge in [-0.2, -0.15) is 0 Å². The summed E-state index contributed by atoms with van der Waals surface area (Å²) in [6.45, 7) is 8.07. The number of likely N-dealkylation sites (tertiary alicyclic amines) is 1. The van der Waals surface area contributed by atoms with Gasteiger partial charge in [0.15, 0.2) is 5.78 Å². The van der Waals surface area contributed by atoms with E-state index in [1.54, 1.807) is 6.92 Å². The van der Waals surface area contributed by atoms with Gasteiger partial charge < -0.3 is 20.4 Å². The number of H-pyrrole nitrogens is 1. The second-order valence-electron chi connectivity index (χ2n) is 6.39. The predicted molar refractivity (Wildman–Crippen MR) is 101 cm³/mol. The zero-order valence-corrected chi connectivity index (χ0v) is 16.2. The summed E-state index contributed by atoms with van der Waals surface area (Å²) in [5, 5.41) is 0. The van der Waals surface area contributed by atoms with Crippen molar-refractivity contribution < 1.29 is 14.3 Å². The lowest BCUT2D eigenvalue weighted by molar-refractivity contribution is 0.00827. The highest BCUT2D eigenvalue weighted by Gasteiger charge is 2.28. The van der Waals surface area contributed by atoms with Crippen molar-refractivity contribution in [1.29, 1.82) is 0 Å². The highest BCUT2D eigenvalue weighted by Crippen LogP contribution is 2.23. The van der Waals surface area contributed by atoms with E-state index in [0.717, 1.165) is 30.5 Å². The number of ether oxygens (including phenoxy) is 1. The molecule has 0 spiro atoms. The third-order valence-corrected chi connectivity index (χ3v) is 4.64. The van der Waals surface area contributed by atoms with Crippen LogP contribution < -0.4 is 5.73 Å². The molecule has 0 radical (unpaired) electrons. The zero-order chi connectivity index (χ0) is 17.7. The number of nitrogens with two attached hydrogens (primary N) is 1. The molecule has 1 saturated heterocycles. The van der Waals surface area contributed by atoms with Crippen LogP contribution in [0.2, 0.25) is 0 Å². The quantitative estimate of drug-likeness (QED) is 0.569. The number of rotatable bonds is 7. The van der Waals surface area contributed by atoms with Crippen molar-refractivity contribution in [3.05, 3.63) is 22.5 Å². The maximum Gasteiger partial charge on any atom is 0.270 e. The van der Waals surface area contributed by atoms with Crippen molar-refractivity contribution in [2.45, 2.75) is 52.6 Å². The fourth-order valence-electron chi connectivity index (χ4n) is 3.41. The molecule has 0 aromatic carbocycles. The molecule has 1 aliphatic heterocycles. The van der Waals surface area contributed by atoms with E-state index >= 15 is 0 Å². The Morgan fingerprint density at radius 2 is 1.96 bits per heavy atom. The van der Waals surface area contributed by atoms with Crippen LogP contribution in [0.25, 0.3) is 0 Å². The Balaban J connectivity index is 0.00000312. The zero-order valence-electron chi connectivity index (χ0n) is 15.4. The lowest BCUT2D eigenvalue weighted by Crippen LogP contribution is -2.41. The van der Waals surface area contributed by atoms with Crippen molar-refractivity contribution in [3.63, 3.8) is 0 Å². The van der Waals surface area contributed by atoms with Crippen LogP contribution in [0.1, 0.15) is 65.2 Å². The highest BCUT2D eigenvalue weighted by molar-refractivity contribution is 6.02. The molecule has 142 valence electrons. The Morgan fingerprint density at radius 3 is 2.48 bits per heavy atom. The standard InChI is InChI=1S/C18H29N3O3.ClH/c1-4-15-16(13(3)22)12(2)20-17(15)18(23)21-9-6-14(7-10-21)24-11-5-8-19;/h14,20H,4-11,19H2,1-3H3;1H. The number of amides is 1. The van der Waals surface area contributed by atoms with Gasteiger partial charge in [-0.1, -0.05) is 6.92 Å². The second kappa shape index (κ2) is 9.94. The van der Waals surface area contributed by atoms with Crippen molar-refractivity contribution in [2.75, 3.05) is 26.2 Å². The average Bonchev–Trinajstić information content (AvgIpc) is 2.91. The molecule has 6 nitrogen and oxygen atoms in total. The number of halogens is 1. The minimum absolute atomic E-state index is 0. The highest BCUT2D eigenvalue weighted by atomic mass is 35.5. The lowest BCUT2D eigenvalue weighted by Gasteiger charge is -2.32. The molecule has 0 unspecified atom stereocenters. The lowest BCUT2D eigenvalue weighted by atomic mass is 10.0. The summed E-state index contributed by atoms with van der Waals surface area (Å²) in [6.07, 6.45) is 3.44. The molecular formula is C18H30ClN3O3. The van der Waals surface area contributed by atoms with Gasteiger partial charge in [0.1, 0.15) is 5.69 Å². The van der Waals surface area contributed by atoms with Crippen LogP contribution in [0.15, 0.2) is 0 Å². The molecule has 2 heterocycles. The number of nitrogens with one attached hydrogen (secondary N) is 1. The molecule has 25 heavy (non-hydrogen) atoms. The first-order valence-electron chi connectivity index (χ1n) is 8.82. The van der Waals surface area contributed by atoms with E-state index < -0.39 is 0 Å². The summed E-state index contributed by atoms with van der Waals surface area (Å²) in [5.74, 6) is -0.00507. The SMILES string of the molecule is CCc1c(C(=O)N2CCC(OCCCN)CC2)[nH]c(C)c1C(C)=O.Cl. The molecule has 1 aromatic rings. The summed E-state index contributed by atoms with van der Waals surface area (Å²) in [6, 6.07) is 0. The van der Waals surface area contributed by atoms with Crippen molar-refractivity contribution in [3.8, 4) is 0 Å². The molecular weight excluding hydrogens is 342 g/mol. The maximum absolute atomic E-state index is 12.9. The van der Waals surface area contributed by atoms with E-state index in [4.69, 9.17) is 10.5 Å². The molecule has 1 fully saturated rings. The molecule has 1 amide bonds. The van der Waals surface area contributed by atoms with Crippen molar-refractivity contribution in [2.24, 2.45) is 5.73 Å². The monoisotopic (exact) mass is 371 g/mol. The molecule has 0 bridgehead atoms. The third-order valence-electron chi connectivity index (χ3n) is 4.64. The van der Waals surface area contributed by atoms with Gasteiger partial charge in [0.05, 0.1) is 6.10 Å². The summed E-state index contributed by atoms with van der Waals surface area (Å²) in [7, 11) is 0. The van der Waals surface area contributed by atoms with E-state index in [0.29, 0.717) is 43.9 Å². The maximum atomic E-state index is 12.9. The van der Waals surface area contributed by atoms with Crippen LogP contribution in [-0.4, -0.2) is 53.9 Å². The molecule has 7 heteroatoms. The molecule has 0 atom stereocenters. The second-order valence-corrected chi connectivity index (χ2v) is 6.39. The molecule has 2 rings (SSSR count). The number of aryl methyl sites for hydroxylation is 1. The minimum Gasteiger partial charge on any atom is -0.378 e. The van der Waals surface area contributed by atoms with E-state index in [2.05, 4.69) is 4.98 Å². The Hall–Kier alpha value is -1.37. The number of hydrogen-bond donors (Lipinski definition) is 2. The normalized spacial score (nSPS) is 15.1. The molecule has 1 aliphatic rings. The van der Waals surface area contributed by atoms with E-state index in [1.807, 2.05) is 18.7 Å². The summed E-state index contributed by atoms with van der Waals surface area (Å²) < 4.78 is 5.79. The van der Waals surface area contributed by atoms with Crippen molar-refractivity contribution >= 4 is 24.1 Å². The average molecular weight is 372 g/mol. The van der Waals surface area contributed by atoms with Gasteiger partial charge in [-0.25, -0.2) is 0 Å². The third kappa shape index (κ3) is 5.06. The summed E-state index contributed by atoms with van der Waals surface area (Å²) in [5.41, 5.74) is 8.33. The van der Waals surface area contributed by atoms with Gasteiger partial charge in [-0.3, -0.25) is 9.59 Å². The van der Waals surface area contributed by atoms with E-state index in [-0.39, 0.29) is 30.2 Å². The van der Waals surface area contributed by atoms with Crippen LogP contribution in [-0.2, 0) is 11.2 Å². The van der Waals surface area contributed by atoms with Crippen LogP contribution in [0.4, 0.5) is 0 Å². The Kier molecular flexibility index (Phi) is 8.62. The molecule has 0 saturated carbocycles. The fourth-order valence-corrected chi connectivity index (χ4v) is 3.41. The smallest absolute Gasteiger partial charge is 0.270 e. The van der Waals surface area contributed by atoms with Crippen LogP contribution >= 0.6 is 12.4 Å². The van der Waals surface area contributed by atoms with E-state index in [1.165, 1.54) is 0 Å². The van der Waals surface area contributed by atoms with Crippen LogP contribution in [0.5, 0.6) is 0 Å². The number of piperidine rings is 1. The Labute approximate surface area is 155 Å². The first-order chi connectivity index (χ1) is 11.5. The summed E-state index contributed by atoms with van der Waals surface area (Å²) >= 11 is 0. The topological polar surface area (TPSA) is 88.4 Å². The van der Waals surface area contributed by atoms with Gasteiger partial charge in [-0.05, 0) is 51.6 Å². The Bertz CT molecular complexity index is 593. The number of hydrogen-bond acceptors (Lipinski definition) is 4. The van der Waals surface area contributed by atoms with Gasteiger partial charge in [0.25, 0.3) is 5.91 Å². The number of carbonyl (C=O) groups is 2. The van der Waals surface area contributed by atoms with Gasteiger partial charge >= 0.3 is 0 Å². The van der Waals surface area contributed by atoms with Crippen molar-refractivity contribution in [1.82, 2.24) is 9.88 Å². The summed E-state index contributed by atoms with van der Waals surface area (Å²) in [4.78, 5) is 29.7. The number of carbonyl (C=O) groups excluding carboxylic acids is 2. The van der Waals surface area contributed by atoms with E-state index in [9.17, 15) is 9.59 Å². The first-order valence-corrected chi connectivity index (χ1v) is 8.82. The van der Waals surface area contributed by atoms with Crippen LogP contribution in [0.3, 0.4) is 0 Å². The van der Waals surface area contributed by atoms with Gasteiger partial charge in [0.2, 0.25) is 0 Å². The molecule has 3 N–H and O–H groups in total. The number of nitrogens with zero attached hydrogens (tertiary/aromatic N) is 1. The number of Topliss-reactive ketones (excluding diaryl/α,β-unsaturated/α-hetero) is 1. The number of ketones is 1.